The van der Waals surface area contributed by atoms with Crippen molar-refractivity contribution in [1.82, 2.24) is 14.5 Å². The van der Waals surface area contributed by atoms with E-state index in [1.807, 2.05) is 30.3 Å². The van der Waals surface area contributed by atoms with Crippen molar-refractivity contribution in [2.45, 2.75) is 0 Å². The molecule has 4 aromatic rings. The van der Waals surface area contributed by atoms with Crippen LogP contribution in [-0.4, -0.2) is 14.5 Å². The number of nitrogens with one attached hydrogen (secondary N) is 1. The van der Waals surface area contributed by atoms with Gasteiger partial charge in [-0.05, 0) is 42.5 Å². The number of aromatic nitrogens is 3. The maximum absolute atomic E-state index is 12.7. The van der Waals surface area contributed by atoms with Gasteiger partial charge in [0.25, 0.3) is 5.56 Å². The molecule has 0 aliphatic heterocycles. The molecule has 2 aromatic carbocycles. The number of hydrogen-bond acceptors (Lipinski definition) is 3. The standard InChI is InChI=1S/C21H12ClN3O2/c22-17-13-15(9-8-14-5-2-1-3-6-14)10-11-18(17)25-20(26)16-7-4-12-23-19(16)24-21(25)27/h1-7,10-13H,(H,23,24,27). The van der Waals surface area contributed by atoms with Gasteiger partial charge in [-0.3, -0.25) is 9.78 Å². The van der Waals surface area contributed by atoms with E-state index in [1.165, 1.54) is 6.20 Å². The highest BCUT2D eigenvalue weighted by Crippen LogP contribution is 2.20. The van der Waals surface area contributed by atoms with Gasteiger partial charge in [-0.1, -0.05) is 41.6 Å². The number of nitrogens with zero attached hydrogens (tertiary/aromatic N) is 2. The quantitative estimate of drug-likeness (QED) is 0.521. The van der Waals surface area contributed by atoms with Gasteiger partial charge in [0.2, 0.25) is 0 Å². The molecule has 0 aliphatic carbocycles. The Morgan fingerprint density at radius 2 is 1.70 bits per heavy atom. The van der Waals surface area contributed by atoms with Crippen molar-refractivity contribution in [1.29, 1.82) is 0 Å². The smallest absolute Gasteiger partial charge is 0.291 e. The first kappa shape index (κ1) is 16.8. The number of aromatic amines is 1. The van der Waals surface area contributed by atoms with Crippen molar-refractivity contribution in [3.63, 3.8) is 0 Å². The number of benzene rings is 2. The fraction of sp³-hybridized carbons (Fsp3) is 0. The molecule has 0 fully saturated rings. The zero-order chi connectivity index (χ0) is 18.8. The van der Waals surface area contributed by atoms with E-state index in [2.05, 4.69) is 21.8 Å². The molecule has 0 atom stereocenters. The van der Waals surface area contributed by atoms with Gasteiger partial charge in [0.15, 0.2) is 0 Å². The van der Waals surface area contributed by atoms with Gasteiger partial charge in [-0.15, -0.1) is 0 Å². The van der Waals surface area contributed by atoms with Gasteiger partial charge in [0.05, 0.1) is 16.1 Å². The SMILES string of the molecule is O=c1[nH]c2ncccc2c(=O)n1-c1ccc(C#Cc2ccccc2)cc1Cl. The number of hydrogen-bond donors (Lipinski definition) is 1. The molecular formula is C21H12ClN3O2. The van der Waals surface area contributed by atoms with Gasteiger partial charge in [0, 0.05) is 17.3 Å². The normalized spacial score (nSPS) is 10.4. The van der Waals surface area contributed by atoms with Crippen LogP contribution in [0.2, 0.25) is 5.02 Å². The van der Waals surface area contributed by atoms with Crippen molar-refractivity contribution in [2.24, 2.45) is 0 Å². The molecule has 0 unspecified atom stereocenters. The first-order chi connectivity index (χ1) is 13.1. The largest absolute Gasteiger partial charge is 0.334 e. The van der Waals surface area contributed by atoms with Crippen molar-refractivity contribution in [2.75, 3.05) is 0 Å². The fourth-order valence-corrected chi connectivity index (χ4v) is 2.96. The second-order valence-corrected chi connectivity index (χ2v) is 6.16. The van der Waals surface area contributed by atoms with Crippen molar-refractivity contribution < 1.29 is 0 Å². The van der Waals surface area contributed by atoms with E-state index >= 15 is 0 Å². The summed E-state index contributed by atoms with van der Waals surface area (Å²) in [6, 6.07) is 17.8. The number of halogens is 1. The third kappa shape index (κ3) is 3.26. The van der Waals surface area contributed by atoms with Crippen LogP contribution in [0, 0.1) is 11.8 Å². The minimum absolute atomic E-state index is 0.241. The van der Waals surface area contributed by atoms with E-state index in [4.69, 9.17) is 11.6 Å². The van der Waals surface area contributed by atoms with Crippen LogP contribution in [-0.2, 0) is 0 Å². The van der Waals surface area contributed by atoms with Crippen LogP contribution in [0.15, 0.2) is 76.4 Å². The van der Waals surface area contributed by atoms with Gasteiger partial charge < -0.3 is 0 Å². The summed E-state index contributed by atoms with van der Waals surface area (Å²) >= 11 is 6.34. The molecule has 4 rings (SSSR count). The molecule has 2 aromatic heterocycles. The maximum Gasteiger partial charge on any atom is 0.334 e. The molecule has 5 nitrogen and oxygen atoms in total. The summed E-state index contributed by atoms with van der Waals surface area (Å²) in [5.41, 5.74) is 1.01. The van der Waals surface area contributed by atoms with E-state index in [1.54, 1.807) is 30.3 Å². The van der Waals surface area contributed by atoms with Gasteiger partial charge >= 0.3 is 5.69 Å². The molecule has 0 aliphatic rings. The predicted octanol–water partition coefficient (Wildman–Crippen LogP) is 3.13. The molecular weight excluding hydrogens is 362 g/mol. The molecule has 0 amide bonds. The Morgan fingerprint density at radius 3 is 2.48 bits per heavy atom. The van der Waals surface area contributed by atoms with E-state index in [9.17, 15) is 9.59 Å². The van der Waals surface area contributed by atoms with E-state index in [-0.39, 0.29) is 10.7 Å². The van der Waals surface area contributed by atoms with Crippen LogP contribution >= 0.6 is 11.6 Å². The fourth-order valence-electron chi connectivity index (χ4n) is 2.70. The number of fused-ring (bicyclic) bond motifs is 1. The second-order valence-electron chi connectivity index (χ2n) is 5.75. The van der Waals surface area contributed by atoms with Gasteiger partial charge in [0.1, 0.15) is 5.65 Å². The van der Waals surface area contributed by atoms with Crippen LogP contribution in [0.3, 0.4) is 0 Å². The lowest BCUT2D eigenvalue weighted by molar-refractivity contribution is 0.895. The zero-order valence-corrected chi connectivity index (χ0v) is 14.7. The average molecular weight is 374 g/mol. The summed E-state index contributed by atoms with van der Waals surface area (Å²) in [5.74, 6) is 6.06. The first-order valence-corrected chi connectivity index (χ1v) is 8.48. The highest BCUT2D eigenvalue weighted by Gasteiger charge is 2.12. The highest BCUT2D eigenvalue weighted by molar-refractivity contribution is 6.32. The molecule has 0 spiro atoms. The molecule has 0 saturated carbocycles. The molecule has 130 valence electrons. The Balaban J connectivity index is 1.81. The first-order valence-electron chi connectivity index (χ1n) is 8.10. The van der Waals surface area contributed by atoms with E-state index in [0.29, 0.717) is 16.6 Å². The van der Waals surface area contributed by atoms with Crippen molar-refractivity contribution in [3.8, 4) is 17.5 Å². The lowest BCUT2D eigenvalue weighted by Gasteiger charge is -2.08. The van der Waals surface area contributed by atoms with Crippen LogP contribution in [0.5, 0.6) is 0 Å². The van der Waals surface area contributed by atoms with Crippen molar-refractivity contribution in [3.05, 3.63) is 104 Å². The van der Waals surface area contributed by atoms with Crippen LogP contribution < -0.4 is 11.2 Å². The molecule has 6 heteroatoms. The van der Waals surface area contributed by atoms with Crippen LogP contribution in [0.1, 0.15) is 11.1 Å². The summed E-state index contributed by atoms with van der Waals surface area (Å²) in [6.45, 7) is 0. The number of rotatable bonds is 1. The monoisotopic (exact) mass is 373 g/mol. The van der Waals surface area contributed by atoms with Crippen LogP contribution in [0.4, 0.5) is 0 Å². The molecule has 27 heavy (non-hydrogen) atoms. The van der Waals surface area contributed by atoms with Gasteiger partial charge in [-0.25, -0.2) is 14.3 Å². The third-order valence-corrected chi connectivity index (χ3v) is 4.29. The predicted molar refractivity (Wildman–Crippen MR) is 105 cm³/mol. The van der Waals surface area contributed by atoms with Gasteiger partial charge in [-0.2, -0.15) is 0 Å². The summed E-state index contributed by atoms with van der Waals surface area (Å²) in [5, 5.41) is 0.562. The average Bonchev–Trinajstić information content (AvgIpc) is 2.68. The molecule has 0 bridgehead atoms. The molecule has 0 saturated heterocycles. The highest BCUT2D eigenvalue weighted by atomic mass is 35.5. The topological polar surface area (TPSA) is 67.8 Å². The molecule has 2 heterocycles. The second kappa shape index (κ2) is 6.94. The summed E-state index contributed by atoms with van der Waals surface area (Å²) < 4.78 is 1.00. The Kier molecular flexibility index (Phi) is 4.33. The number of pyridine rings is 1. The van der Waals surface area contributed by atoms with E-state index < -0.39 is 11.2 Å². The number of H-pyrrole nitrogens is 1. The Labute approximate surface area is 158 Å². The third-order valence-electron chi connectivity index (χ3n) is 3.98. The van der Waals surface area contributed by atoms with E-state index in [0.717, 1.165) is 10.1 Å². The Morgan fingerprint density at radius 1 is 0.926 bits per heavy atom. The molecule has 0 radical (unpaired) electrons. The van der Waals surface area contributed by atoms with Crippen LogP contribution in [0.25, 0.3) is 16.7 Å². The molecule has 1 N–H and O–H groups in total. The maximum atomic E-state index is 12.7. The zero-order valence-electron chi connectivity index (χ0n) is 13.9. The minimum atomic E-state index is -0.601. The Bertz CT molecular complexity index is 1330. The lowest BCUT2D eigenvalue weighted by atomic mass is 10.1. The minimum Gasteiger partial charge on any atom is -0.291 e. The Hall–Kier alpha value is -3.62. The van der Waals surface area contributed by atoms with Crippen molar-refractivity contribution >= 4 is 22.6 Å². The summed E-state index contributed by atoms with van der Waals surface area (Å²) in [6.07, 6.45) is 1.51. The summed E-state index contributed by atoms with van der Waals surface area (Å²) in [4.78, 5) is 31.7. The lowest BCUT2D eigenvalue weighted by Crippen LogP contribution is -2.34. The summed E-state index contributed by atoms with van der Waals surface area (Å²) in [7, 11) is 0.